The van der Waals surface area contributed by atoms with Gasteiger partial charge >= 0.3 is 0 Å². The minimum atomic E-state index is -0.407. The number of hydrogen-bond donors (Lipinski definition) is 1. The van der Waals surface area contributed by atoms with E-state index in [0.29, 0.717) is 11.4 Å². The molecule has 0 spiro atoms. The number of anilines is 2. The van der Waals surface area contributed by atoms with E-state index < -0.39 is 4.92 Å². The van der Waals surface area contributed by atoms with Crippen molar-refractivity contribution in [3.05, 3.63) is 62.6 Å². The molecule has 0 unspecified atom stereocenters. The molecule has 1 fully saturated rings. The number of benzene rings is 2. The molecule has 7 heteroatoms. The van der Waals surface area contributed by atoms with Crippen molar-refractivity contribution in [1.82, 2.24) is 0 Å². The third-order valence-electron chi connectivity index (χ3n) is 4.46. The molecule has 0 radical (unpaired) electrons. The predicted octanol–water partition coefficient (Wildman–Crippen LogP) is 4.99. The number of nitro groups is 1. The number of carbonyl (C=O) groups is 1. The average molecular weight is 418 g/mol. The summed E-state index contributed by atoms with van der Waals surface area (Å²) in [5.41, 5.74) is 1.48. The Morgan fingerprint density at radius 2 is 1.81 bits per heavy atom. The molecule has 3 rings (SSSR count). The maximum atomic E-state index is 12.5. The highest BCUT2D eigenvalue weighted by Crippen LogP contribution is 2.31. The van der Waals surface area contributed by atoms with Gasteiger partial charge in [0.25, 0.3) is 11.6 Å². The third kappa shape index (κ3) is 4.40. The van der Waals surface area contributed by atoms with Crippen LogP contribution in [0.3, 0.4) is 0 Å². The predicted molar refractivity (Wildman–Crippen MR) is 106 cm³/mol. The van der Waals surface area contributed by atoms with Crippen LogP contribution in [0.5, 0.6) is 0 Å². The molecule has 1 aliphatic heterocycles. The molecule has 1 N–H and O–H groups in total. The van der Waals surface area contributed by atoms with Crippen LogP contribution in [0.25, 0.3) is 0 Å². The molecule has 2 aromatic carbocycles. The lowest BCUT2D eigenvalue weighted by molar-refractivity contribution is -0.384. The van der Waals surface area contributed by atoms with E-state index in [1.807, 2.05) is 12.1 Å². The summed E-state index contributed by atoms with van der Waals surface area (Å²) in [6.45, 7) is 1.62. The zero-order valence-electron chi connectivity index (χ0n) is 14.3. The fourth-order valence-electron chi connectivity index (χ4n) is 3.16. The van der Waals surface area contributed by atoms with Gasteiger partial charge in [0.2, 0.25) is 0 Å². The average Bonchev–Trinajstić information content (AvgIpc) is 2.90. The van der Waals surface area contributed by atoms with Gasteiger partial charge in [0.05, 0.1) is 4.92 Å². The van der Waals surface area contributed by atoms with E-state index >= 15 is 0 Å². The topological polar surface area (TPSA) is 75.5 Å². The summed E-state index contributed by atoms with van der Waals surface area (Å²) >= 11 is 3.35. The first-order chi connectivity index (χ1) is 12.5. The van der Waals surface area contributed by atoms with Gasteiger partial charge < -0.3 is 10.2 Å². The second-order valence-corrected chi connectivity index (χ2v) is 7.24. The van der Waals surface area contributed by atoms with Gasteiger partial charge in [-0.2, -0.15) is 0 Å². The van der Waals surface area contributed by atoms with E-state index in [4.69, 9.17) is 0 Å². The Morgan fingerprint density at radius 1 is 1.08 bits per heavy atom. The lowest BCUT2D eigenvalue weighted by Crippen LogP contribution is -2.25. The summed E-state index contributed by atoms with van der Waals surface area (Å²) in [6, 6.07) is 11.9. The first-order valence-corrected chi connectivity index (χ1v) is 9.44. The van der Waals surface area contributed by atoms with Crippen LogP contribution in [-0.2, 0) is 0 Å². The molecule has 0 aromatic heterocycles. The Hall–Kier alpha value is -2.41. The van der Waals surface area contributed by atoms with E-state index in [9.17, 15) is 14.9 Å². The minimum absolute atomic E-state index is 0.0196. The molecule has 1 amide bonds. The van der Waals surface area contributed by atoms with Gasteiger partial charge in [-0.1, -0.05) is 34.8 Å². The molecule has 0 bridgehead atoms. The van der Waals surface area contributed by atoms with Gasteiger partial charge in [-0.05, 0) is 43.2 Å². The lowest BCUT2D eigenvalue weighted by Gasteiger charge is -2.22. The quantitative estimate of drug-likeness (QED) is 0.561. The van der Waals surface area contributed by atoms with Crippen LogP contribution in [0.1, 0.15) is 36.0 Å². The van der Waals surface area contributed by atoms with Crippen LogP contribution in [-0.4, -0.2) is 23.9 Å². The summed E-state index contributed by atoms with van der Waals surface area (Å²) in [4.78, 5) is 25.7. The molecular formula is C19H20BrN3O3. The van der Waals surface area contributed by atoms with E-state index in [1.54, 1.807) is 24.3 Å². The van der Waals surface area contributed by atoms with Crippen molar-refractivity contribution >= 4 is 38.9 Å². The summed E-state index contributed by atoms with van der Waals surface area (Å²) in [5, 5.41) is 14.3. The fraction of sp³-hybridized carbons (Fsp3) is 0.316. The zero-order valence-corrected chi connectivity index (χ0v) is 15.9. The standard InChI is InChI=1S/C19H20BrN3O3/c20-15-6-5-7-16(13-15)21-19(24)14-8-9-17(18(12-14)23(25)26)22-10-3-1-2-4-11-22/h5-9,12-13H,1-4,10-11H2,(H,21,24). The van der Waals surface area contributed by atoms with Crippen molar-refractivity contribution in [1.29, 1.82) is 0 Å². The number of rotatable bonds is 4. The summed E-state index contributed by atoms with van der Waals surface area (Å²) < 4.78 is 0.845. The normalized spacial score (nSPS) is 14.6. The van der Waals surface area contributed by atoms with Crippen molar-refractivity contribution in [3.8, 4) is 0 Å². The minimum Gasteiger partial charge on any atom is -0.366 e. The molecule has 0 aliphatic carbocycles. The Bertz CT molecular complexity index is 817. The summed E-state index contributed by atoms with van der Waals surface area (Å²) in [6.07, 6.45) is 4.36. The summed E-state index contributed by atoms with van der Waals surface area (Å²) in [7, 11) is 0. The van der Waals surface area contributed by atoms with Crippen molar-refractivity contribution < 1.29 is 9.72 Å². The first-order valence-electron chi connectivity index (χ1n) is 8.65. The molecule has 26 heavy (non-hydrogen) atoms. The van der Waals surface area contributed by atoms with Crippen molar-refractivity contribution in [3.63, 3.8) is 0 Å². The van der Waals surface area contributed by atoms with Gasteiger partial charge in [-0.3, -0.25) is 14.9 Å². The Morgan fingerprint density at radius 3 is 2.46 bits per heavy atom. The molecule has 1 saturated heterocycles. The smallest absolute Gasteiger partial charge is 0.293 e. The number of carbonyl (C=O) groups excluding carboxylic acids is 1. The summed E-state index contributed by atoms with van der Waals surface area (Å²) in [5.74, 6) is -0.367. The van der Waals surface area contributed by atoms with Crippen LogP contribution >= 0.6 is 15.9 Å². The zero-order chi connectivity index (χ0) is 18.5. The monoisotopic (exact) mass is 417 g/mol. The second-order valence-electron chi connectivity index (χ2n) is 6.33. The van der Waals surface area contributed by atoms with E-state index in [1.165, 1.54) is 6.07 Å². The highest BCUT2D eigenvalue weighted by atomic mass is 79.9. The number of amides is 1. The van der Waals surface area contributed by atoms with Crippen LogP contribution in [0.4, 0.5) is 17.1 Å². The van der Waals surface area contributed by atoms with Crippen LogP contribution in [0, 0.1) is 10.1 Å². The van der Waals surface area contributed by atoms with Crippen LogP contribution < -0.4 is 10.2 Å². The number of halogens is 1. The van der Waals surface area contributed by atoms with E-state index in [2.05, 4.69) is 26.1 Å². The van der Waals surface area contributed by atoms with Crippen molar-refractivity contribution in [2.45, 2.75) is 25.7 Å². The molecule has 6 nitrogen and oxygen atoms in total. The highest BCUT2D eigenvalue weighted by molar-refractivity contribution is 9.10. The van der Waals surface area contributed by atoms with E-state index in [-0.39, 0.29) is 17.2 Å². The van der Waals surface area contributed by atoms with Gasteiger partial charge in [-0.25, -0.2) is 0 Å². The Labute approximate surface area is 160 Å². The largest absolute Gasteiger partial charge is 0.366 e. The Kier molecular flexibility index (Phi) is 5.88. The highest BCUT2D eigenvalue weighted by Gasteiger charge is 2.22. The number of hydrogen-bond acceptors (Lipinski definition) is 4. The second kappa shape index (κ2) is 8.31. The molecule has 0 saturated carbocycles. The van der Waals surface area contributed by atoms with Gasteiger partial charge in [0, 0.05) is 34.9 Å². The SMILES string of the molecule is O=C(Nc1cccc(Br)c1)c1ccc(N2CCCCCC2)c([N+](=O)[O-])c1. The van der Waals surface area contributed by atoms with Gasteiger partial charge in [0.1, 0.15) is 5.69 Å². The number of nitrogens with one attached hydrogen (secondary N) is 1. The molecule has 1 heterocycles. The molecule has 0 atom stereocenters. The van der Waals surface area contributed by atoms with Crippen molar-refractivity contribution in [2.75, 3.05) is 23.3 Å². The molecular weight excluding hydrogens is 398 g/mol. The third-order valence-corrected chi connectivity index (χ3v) is 4.96. The molecule has 136 valence electrons. The van der Waals surface area contributed by atoms with E-state index in [0.717, 1.165) is 43.2 Å². The molecule has 2 aromatic rings. The maximum Gasteiger partial charge on any atom is 0.293 e. The van der Waals surface area contributed by atoms with Crippen LogP contribution in [0.15, 0.2) is 46.9 Å². The fourth-order valence-corrected chi connectivity index (χ4v) is 3.56. The first kappa shape index (κ1) is 18.4. The Balaban J connectivity index is 1.85. The van der Waals surface area contributed by atoms with Gasteiger partial charge in [-0.15, -0.1) is 0 Å². The number of nitrogens with zero attached hydrogens (tertiary/aromatic N) is 2. The lowest BCUT2D eigenvalue weighted by atomic mass is 10.1. The van der Waals surface area contributed by atoms with Crippen molar-refractivity contribution in [2.24, 2.45) is 0 Å². The number of nitro benzene ring substituents is 1. The maximum absolute atomic E-state index is 12.5. The van der Waals surface area contributed by atoms with Gasteiger partial charge in [0.15, 0.2) is 0 Å². The molecule has 1 aliphatic rings. The van der Waals surface area contributed by atoms with Crippen LogP contribution in [0.2, 0.25) is 0 Å².